The Labute approximate surface area is 120 Å². The minimum absolute atomic E-state index is 0.606. The molecule has 3 aromatic rings. The van der Waals surface area contributed by atoms with Crippen molar-refractivity contribution in [2.75, 3.05) is 0 Å². The van der Waals surface area contributed by atoms with Gasteiger partial charge in [0.1, 0.15) is 0 Å². The molecule has 0 fully saturated rings. The van der Waals surface area contributed by atoms with Gasteiger partial charge in [-0.25, -0.2) is 4.21 Å². The second-order valence-electron chi connectivity index (χ2n) is 4.38. The average Bonchev–Trinajstić information content (AvgIpc) is 2.54. The van der Waals surface area contributed by atoms with Gasteiger partial charge in [-0.2, -0.15) is 0 Å². The fraction of sp³-hybridized carbons (Fsp3) is 0. The summed E-state index contributed by atoms with van der Waals surface area (Å²) in [5.74, 6) is 0. The van der Waals surface area contributed by atoms with Crippen LogP contribution in [0, 0.1) is 0 Å². The third-order valence-corrected chi connectivity index (χ3v) is 4.50. The molecule has 2 aromatic carbocycles. The summed E-state index contributed by atoms with van der Waals surface area (Å²) in [6.45, 7) is 4.02. The molecule has 0 bridgehead atoms. The van der Waals surface area contributed by atoms with Crippen molar-refractivity contribution in [2.45, 2.75) is 4.90 Å². The number of benzene rings is 2. The monoisotopic (exact) mass is 279 g/mol. The van der Waals surface area contributed by atoms with Gasteiger partial charge in [0.2, 0.25) is 0 Å². The van der Waals surface area contributed by atoms with E-state index in [1.807, 2.05) is 60.7 Å². The molecule has 0 spiro atoms. The Morgan fingerprint density at radius 2 is 1.65 bits per heavy atom. The maximum Gasteiger partial charge on any atom is 0.0849 e. The molecule has 1 atom stereocenters. The number of nitrogens with zero attached hydrogens (tertiary/aromatic N) is 1. The first-order valence-electron chi connectivity index (χ1n) is 6.27. The molecular formula is C17H13NOS. The summed E-state index contributed by atoms with van der Waals surface area (Å²) in [7, 11) is -1.26. The highest BCUT2D eigenvalue weighted by Gasteiger charge is 2.12. The maximum absolute atomic E-state index is 12.6. The van der Waals surface area contributed by atoms with Crippen LogP contribution >= 0.6 is 0 Å². The standard InChI is InChI=1S/C17H13NOS/c1-13(20(19)14-7-3-2-4-8-14)15-11-12-18-17-10-6-5-9-16(15)17/h2-12H,1H2/t20-/m1/s1. The van der Waals surface area contributed by atoms with Crippen LogP contribution in [0.2, 0.25) is 0 Å². The van der Waals surface area contributed by atoms with E-state index >= 15 is 0 Å². The molecule has 0 unspecified atom stereocenters. The van der Waals surface area contributed by atoms with E-state index in [2.05, 4.69) is 11.6 Å². The lowest BCUT2D eigenvalue weighted by molar-refractivity contribution is 0.689. The van der Waals surface area contributed by atoms with E-state index in [-0.39, 0.29) is 0 Å². The predicted octanol–water partition coefficient (Wildman–Crippen LogP) is 4.01. The van der Waals surface area contributed by atoms with Gasteiger partial charge < -0.3 is 0 Å². The van der Waals surface area contributed by atoms with Crippen LogP contribution in [0.1, 0.15) is 5.56 Å². The first-order valence-corrected chi connectivity index (χ1v) is 7.42. The summed E-state index contributed by atoms with van der Waals surface area (Å²) < 4.78 is 12.6. The molecule has 0 amide bonds. The third kappa shape index (κ3) is 2.28. The summed E-state index contributed by atoms with van der Waals surface area (Å²) in [5, 5.41) is 0.976. The van der Waals surface area contributed by atoms with Gasteiger partial charge in [-0.05, 0) is 24.3 Å². The summed E-state index contributed by atoms with van der Waals surface area (Å²) in [4.78, 5) is 5.68. The number of pyridine rings is 1. The Morgan fingerprint density at radius 3 is 2.45 bits per heavy atom. The highest BCUT2D eigenvalue weighted by molar-refractivity contribution is 7.94. The smallest absolute Gasteiger partial charge is 0.0849 e. The van der Waals surface area contributed by atoms with Crippen molar-refractivity contribution in [1.82, 2.24) is 4.98 Å². The minimum Gasteiger partial charge on any atom is -0.256 e. The zero-order valence-electron chi connectivity index (χ0n) is 10.8. The van der Waals surface area contributed by atoms with Crippen LogP contribution in [0.25, 0.3) is 15.8 Å². The summed E-state index contributed by atoms with van der Waals surface area (Å²) >= 11 is 0. The van der Waals surface area contributed by atoms with E-state index in [4.69, 9.17) is 0 Å². The highest BCUT2D eigenvalue weighted by atomic mass is 32.2. The maximum atomic E-state index is 12.6. The molecule has 0 saturated heterocycles. The first-order chi connectivity index (χ1) is 9.77. The lowest BCUT2D eigenvalue weighted by Crippen LogP contribution is -1.96. The van der Waals surface area contributed by atoms with E-state index < -0.39 is 10.8 Å². The molecule has 1 heterocycles. The van der Waals surface area contributed by atoms with Crippen molar-refractivity contribution in [3.8, 4) is 0 Å². The number of rotatable bonds is 3. The van der Waals surface area contributed by atoms with E-state index in [0.717, 1.165) is 21.4 Å². The molecule has 3 heteroatoms. The molecule has 0 aliphatic rings. The van der Waals surface area contributed by atoms with Crippen LogP contribution in [-0.4, -0.2) is 9.19 Å². The average molecular weight is 279 g/mol. The zero-order valence-corrected chi connectivity index (χ0v) is 11.6. The van der Waals surface area contributed by atoms with Crippen LogP contribution < -0.4 is 0 Å². The van der Waals surface area contributed by atoms with Crippen LogP contribution in [0.5, 0.6) is 0 Å². The SMILES string of the molecule is C=C(c1ccnc2ccccc12)[S@@](=O)c1ccccc1. The van der Waals surface area contributed by atoms with Gasteiger partial charge in [-0.3, -0.25) is 4.98 Å². The van der Waals surface area contributed by atoms with Crippen LogP contribution in [-0.2, 0) is 10.8 Å². The van der Waals surface area contributed by atoms with Crippen molar-refractivity contribution < 1.29 is 4.21 Å². The Hall–Kier alpha value is -2.26. The quantitative estimate of drug-likeness (QED) is 0.725. The fourth-order valence-electron chi connectivity index (χ4n) is 2.13. The number of aromatic nitrogens is 1. The number of hydrogen-bond acceptors (Lipinski definition) is 2. The molecule has 1 aromatic heterocycles. The van der Waals surface area contributed by atoms with Crippen LogP contribution in [0.4, 0.5) is 0 Å². The molecule has 0 aliphatic carbocycles. The van der Waals surface area contributed by atoms with Gasteiger partial charge in [0.05, 0.1) is 16.3 Å². The molecule has 2 nitrogen and oxygen atoms in total. The van der Waals surface area contributed by atoms with Crippen molar-refractivity contribution >= 4 is 26.6 Å². The lowest BCUT2D eigenvalue weighted by Gasteiger charge is -2.09. The summed E-state index contributed by atoms with van der Waals surface area (Å²) in [6.07, 6.45) is 1.73. The van der Waals surface area contributed by atoms with Crippen molar-refractivity contribution in [3.63, 3.8) is 0 Å². The molecule has 20 heavy (non-hydrogen) atoms. The molecular weight excluding hydrogens is 266 g/mol. The first kappa shape index (κ1) is 12.8. The number of fused-ring (bicyclic) bond motifs is 1. The number of para-hydroxylation sites is 1. The van der Waals surface area contributed by atoms with Crippen LogP contribution in [0.3, 0.4) is 0 Å². The van der Waals surface area contributed by atoms with Gasteiger partial charge in [0, 0.05) is 26.9 Å². The van der Waals surface area contributed by atoms with E-state index in [9.17, 15) is 4.21 Å². The van der Waals surface area contributed by atoms with E-state index in [0.29, 0.717) is 4.91 Å². The van der Waals surface area contributed by atoms with Gasteiger partial charge >= 0.3 is 0 Å². The predicted molar refractivity (Wildman–Crippen MR) is 83.6 cm³/mol. The van der Waals surface area contributed by atoms with Crippen molar-refractivity contribution in [3.05, 3.63) is 79.0 Å². The van der Waals surface area contributed by atoms with E-state index in [1.54, 1.807) is 6.20 Å². The summed E-state index contributed by atoms with van der Waals surface area (Å²) in [5.41, 5.74) is 1.77. The van der Waals surface area contributed by atoms with Gasteiger partial charge in [0.15, 0.2) is 0 Å². The molecule has 0 radical (unpaired) electrons. The topological polar surface area (TPSA) is 30.0 Å². The van der Waals surface area contributed by atoms with Crippen LogP contribution in [0.15, 0.2) is 78.3 Å². The second kappa shape index (κ2) is 5.39. The Morgan fingerprint density at radius 1 is 0.950 bits per heavy atom. The second-order valence-corrected chi connectivity index (χ2v) is 5.88. The van der Waals surface area contributed by atoms with Gasteiger partial charge in [-0.15, -0.1) is 0 Å². The highest BCUT2D eigenvalue weighted by Crippen LogP contribution is 2.27. The largest absolute Gasteiger partial charge is 0.256 e. The Bertz CT molecular complexity index is 791. The number of hydrogen-bond donors (Lipinski definition) is 0. The molecule has 98 valence electrons. The Kier molecular flexibility index (Phi) is 3.44. The van der Waals surface area contributed by atoms with E-state index in [1.165, 1.54) is 0 Å². The fourth-order valence-corrected chi connectivity index (χ4v) is 3.19. The Balaban J connectivity index is 2.08. The normalized spacial score (nSPS) is 12.2. The third-order valence-electron chi connectivity index (χ3n) is 3.13. The molecule has 0 N–H and O–H groups in total. The zero-order chi connectivity index (χ0) is 13.9. The molecule has 0 aliphatic heterocycles. The lowest BCUT2D eigenvalue weighted by atomic mass is 10.1. The van der Waals surface area contributed by atoms with Gasteiger partial charge in [0.25, 0.3) is 0 Å². The molecule has 0 saturated carbocycles. The van der Waals surface area contributed by atoms with Crippen molar-refractivity contribution in [1.29, 1.82) is 0 Å². The minimum atomic E-state index is -1.26. The molecule has 3 rings (SSSR count). The van der Waals surface area contributed by atoms with Crippen molar-refractivity contribution in [2.24, 2.45) is 0 Å². The van der Waals surface area contributed by atoms with Gasteiger partial charge in [-0.1, -0.05) is 43.0 Å². The summed E-state index contributed by atoms with van der Waals surface area (Å²) in [6, 6.07) is 19.0.